The van der Waals surface area contributed by atoms with E-state index in [1.54, 1.807) is 6.92 Å². The third-order valence-corrected chi connectivity index (χ3v) is 5.56. The molecule has 27 heavy (non-hydrogen) atoms. The van der Waals surface area contributed by atoms with Gasteiger partial charge in [-0.15, -0.1) is 21.6 Å². The van der Waals surface area contributed by atoms with Crippen LogP contribution in [0.15, 0.2) is 28.4 Å². The molecular weight excluding hydrogens is 354 g/mol. The predicted octanol–water partition coefficient (Wildman–Crippen LogP) is 6.54. The van der Waals surface area contributed by atoms with Crippen LogP contribution in [0.2, 0.25) is 0 Å². The summed E-state index contributed by atoms with van der Waals surface area (Å²) in [6, 6.07) is 10.8. The molecule has 0 aliphatic heterocycles. The van der Waals surface area contributed by atoms with Crippen LogP contribution in [0.4, 0.5) is 16.4 Å². The highest BCUT2D eigenvalue weighted by Gasteiger charge is 2.15. The van der Waals surface area contributed by atoms with Gasteiger partial charge in [-0.3, -0.25) is 0 Å². The number of rotatable bonds is 7. The van der Waals surface area contributed by atoms with E-state index in [1.807, 2.05) is 13.0 Å². The van der Waals surface area contributed by atoms with Crippen LogP contribution in [-0.2, 0) is 0 Å². The van der Waals surface area contributed by atoms with Gasteiger partial charge in [0, 0.05) is 18.3 Å². The van der Waals surface area contributed by atoms with Crippen molar-refractivity contribution in [3.63, 3.8) is 0 Å². The van der Waals surface area contributed by atoms with Crippen molar-refractivity contribution in [1.82, 2.24) is 0 Å². The molecule has 1 aromatic heterocycles. The third kappa shape index (κ3) is 4.72. The molecule has 0 saturated heterocycles. The fourth-order valence-corrected chi connectivity index (χ4v) is 3.73. The lowest BCUT2D eigenvalue weighted by Crippen LogP contribution is -2.31. The highest BCUT2D eigenvalue weighted by molar-refractivity contribution is 7.16. The molecule has 5 nitrogen and oxygen atoms in total. The number of hydrogen-bond acceptors (Lipinski definition) is 6. The molecule has 0 aliphatic carbocycles. The second kappa shape index (κ2) is 9.30. The van der Waals surface area contributed by atoms with E-state index in [0.717, 1.165) is 24.2 Å². The second-order valence-corrected chi connectivity index (χ2v) is 7.77. The SMILES string of the molecule is CCCCN(c1ccc(N=Nc2sc(C#N)c(C)c2C#N)c(C)c1)C(C)C. The van der Waals surface area contributed by atoms with Gasteiger partial charge in [-0.1, -0.05) is 13.3 Å². The first-order valence-corrected chi connectivity index (χ1v) is 9.97. The van der Waals surface area contributed by atoms with Crippen molar-refractivity contribution >= 4 is 27.7 Å². The minimum absolute atomic E-state index is 0.431. The summed E-state index contributed by atoms with van der Waals surface area (Å²) in [7, 11) is 0. The number of benzene rings is 1. The van der Waals surface area contributed by atoms with Gasteiger partial charge in [-0.2, -0.15) is 10.5 Å². The van der Waals surface area contributed by atoms with E-state index < -0.39 is 0 Å². The number of nitriles is 2. The molecule has 140 valence electrons. The van der Waals surface area contributed by atoms with Crippen LogP contribution in [0.5, 0.6) is 0 Å². The Kier molecular flexibility index (Phi) is 7.10. The Bertz CT molecular complexity index is 912. The summed E-state index contributed by atoms with van der Waals surface area (Å²) in [6.07, 6.45) is 2.33. The molecule has 0 N–H and O–H groups in total. The summed E-state index contributed by atoms with van der Waals surface area (Å²) < 4.78 is 0. The molecule has 0 amide bonds. The second-order valence-electron chi connectivity index (χ2n) is 6.77. The van der Waals surface area contributed by atoms with E-state index >= 15 is 0 Å². The maximum absolute atomic E-state index is 9.32. The number of unbranched alkanes of at least 4 members (excludes halogenated alkanes) is 1. The number of nitrogens with zero attached hydrogens (tertiary/aromatic N) is 5. The predicted molar refractivity (Wildman–Crippen MR) is 111 cm³/mol. The van der Waals surface area contributed by atoms with E-state index in [-0.39, 0.29) is 0 Å². The van der Waals surface area contributed by atoms with E-state index in [2.05, 4.69) is 60.2 Å². The lowest BCUT2D eigenvalue weighted by molar-refractivity contribution is 0.646. The average molecular weight is 380 g/mol. The summed E-state index contributed by atoms with van der Waals surface area (Å²) in [5.74, 6) is 0. The summed E-state index contributed by atoms with van der Waals surface area (Å²) >= 11 is 1.20. The van der Waals surface area contributed by atoms with Crippen LogP contribution in [0, 0.1) is 36.5 Å². The largest absolute Gasteiger partial charge is 0.369 e. The van der Waals surface area contributed by atoms with E-state index in [9.17, 15) is 5.26 Å². The first-order chi connectivity index (χ1) is 12.9. The Labute approximate surface area is 165 Å². The topological polar surface area (TPSA) is 75.5 Å². The van der Waals surface area contributed by atoms with Crippen molar-refractivity contribution in [3.8, 4) is 12.1 Å². The molecule has 0 radical (unpaired) electrons. The minimum atomic E-state index is 0.431. The van der Waals surface area contributed by atoms with Gasteiger partial charge in [-0.25, -0.2) is 0 Å². The van der Waals surface area contributed by atoms with Crippen LogP contribution in [0.25, 0.3) is 0 Å². The molecule has 0 atom stereocenters. The van der Waals surface area contributed by atoms with Crippen molar-refractivity contribution in [1.29, 1.82) is 10.5 Å². The zero-order valence-electron chi connectivity index (χ0n) is 16.6. The smallest absolute Gasteiger partial charge is 0.158 e. The number of aryl methyl sites for hydroxylation is 1. The minimum Gasteiger partial charge on any atom is -0.369 e. The standard InChI is InChI=1S/C21H25N5S/c1-6-7-10-26(14(2)3)17-8-9-19(15(4)11-17)24-25-21-18(12-22)16(5)20(13-23)27-21/h8-9,11,14H,6-7,10H2,1-5H3. The van der Waals surface area contributed by atoms with Gasteiger partial charge in [0.25, 0.3) is 0 Å². The fourth-order valence-electron chi connectivity index (χ4n) is 2.85. The van der Waals surface area contributed by atoms with Crippen LogP contribution in [0.3, 0.4) is 0 Å². The quantitative estimate of drug-likeness (QED) is 0.513. The summed E-state index contributed by atoms with van der Waals surface area (Å²) in [5, 5.41) is 27.5. The molecule has 0 fully saturated rings. The highest BCUT2D eigenvalue weighted by Crippen LogP contribution is 2.36. The molecule has 2 aromatic rings. The molecule has 6 heteroatoms. The van der Waals surface area contributed by atoms with Crippen LogP contribution >= 0.6 is 11.3 Å². The monoisotopic (exact) mass is 379 g/mol. The molecule has 1 heterocycles. The average Bonchev–Trinajstić information content (AvgIpc) is 2.95. The van der Waals surface area contributed by atoms with Crippen LogP contribution < -0.4 is 4.90 Å². The number of hydrogen-bond donors (Lipinski definition) is 0. The zero-order valence-corrected chi connectivity index (χ0v) is 17.4. The number of thiophene rings is 1. The molecule has 2 rings (SSSR count). The van der Waals surface area contributed by atoms with Gasteiger partial charge in [0.2, 0.25) is 0 Å². The third-order valence-electron chi connectivity index (χ3n) is 4.48. The Morgan fingerprint density at radius 2 is 1.89 bits per heavy atom. The Hall–Kier alpha value is -2.70. The lowest BCUT2D eigenvalue weighted by atomic mass is 10.1. The fraction of sp³-hybridized carbons (Fsp3) is 0.429. The van der Waals surface area contributed by atoms with Gasteiger partial charge >= 0.3 is 0 Å². The molecule has 0 bridgehead atoms. The lowest BCUT2D eigenvalue weighted by Gasteiger charge is -2.29. The zero-order chi connectivity index (χ0) is 20.0. The molecule has 1 aromatic carbocycles. The van der Waals surface area contributed by atoms with Crippen molar-refractivity contribution in [2.45, 2.75) is 53.5 Å². The van der Waals surface area contributed by atoms with E-state index in [0.29, 0.717) is 27.0 Å². The maximum Gasteiger partial charge on any atom is 0.158 e. The van der Waals surface area contributed by atoms with Gasteiger partial charge in [0.15, 0.2) is 5.00 Å². The Balaban J connectivity index is 2.30. The van der Waals surface area contributed by atoms with E-state index in [4.69, 9.17) is 5.26 Å². The normalized spacial score (nSPS) is 11.0. The maximum atomic E-state index is 9.32. The Morgan fingerprint density at radius 1 is 1.15 bits per heavy atom. The van der Waals surface area contributed by atoms with Crippen molar-refractivity contribution in [2.75, 3.05) is 11.4 Å². The van der Waals surface area contributed by atoms with Crippen molar-refractivity contribution in [3.05, 3.63) is 39.8 Å². The summed E-state index contributed by atoms with van der Waals surface area (Å²) in [4.78, 5) is 2.91. The van der Waals surface area contributed by atoms with Gasteiger partial charge in [-0.05, 0) is 63.4 Å². The first kappa shape index (κ1) is 20.6. The molecule has 0 spiro atoms. The molecule has 0 aliphatic rings. The van der Waals surface area contributed by atoms with Crippen LogP contribution in [0.1, 0.15) is 55.2 Å². The van der Waals surface area contributed by atoms with Crippen molar-refractivity contribution < 1.29 is 0 Å². The Morgan fingerprint density at radius 3 is 2.44 bits per heavy atom. The van der Waals surface area contributed by atoms with Gasteiger partial charge in [0.05, 0.1) is 11.3 Å². The molecule has 0 saturated carbocycles. The van der Waals surface area contributed by atoms with Crippen LogP contribution in [-0.4, -0.2) is 12.6 Å². The number of azo groups is 1. The van der Waals surface area contributed by atoms with Gasteiger partial charge in [0.1, 0.15) is 17.0 Å². The van der Waals surface area contributed by atoms with Gasteiger partial charge < -0.3 is 4.90 Å². The molecular formula is C21H25N5S. The first-order valence-electron chi connectivity index (χ1n) is 9.15. The summed E-state index contributed by atoms with van der Waals surface area (Å²) in [5.41, 5.74) is 4.10. The molecule has 0 unspecified atom stereocenters. The highest BCUT2D eigenvalue weighted by atomic mass is 32.1. The number of anilines is 1. The summed E-state index contributed by atoms with van der Waals surface area (Å²) in [6.45, 7) is 11.4. The van der Waals surface area contributed by atoms with Crippen molar-refractivity contribution in [2.24, 2.45) is 10.2 Å². The van der Waals surface area contributed by atoms with E-state index in [1.165, 1.54) is 23.4 Å².